The number of carbonyl (C=O) groups excluding carboxylic acids is 2. The summed E-state index contributed by atoms with van der Waals surface area (Å²) in [7, 11) is 1.27. The topological polar surface area (TPSA) is 94.3 Å². The van der Waals surface area contributed by atoms with E-state index in [4.69, 9.17) is 9.15 Å². The van der Waals surface area contributed by atoms with E-state index >= 15 is 0 Å². The number of nitrogens with one attached hydrogen (secondary N) is 1. The molecule has 0 aliphatic rings. The summed E-state index contributed by atoms with van der Waals surface area (Å²) in [6, 6.07) is 13.9. The summed E-state index contributed by atoms with van der Waals surface area (Å²) in [5.74, 6) is -0.874. The number of ether oxygens (including phenoxy) is 1. The normalized spacial score (nSPS) is 11.8. The summed E-state index contributed by atoms with van der Waals surface area (Å²) in [4.78, 5) is 33.7. The fourth-order valence-corrected chi connectivity index (χ4v) is 4.17. The molecule has 2 aromatic heterocycles. The Morgan fingerprint density at radius 2 is 1.82 bits per heavy atom. The molecule has 0 spiro atoms. The van der Waals surface area contributed by atoms with Crippen molar-refractivity contribution >= 4 is 34.6 Å². The van der Waals surface area contributed by atoms with Gasteiger partial charge in [-0.1, -0.05) is 42.1 Å². The summed E-state index contributed by atoms with van der Waals surface area (Å²) in [5.41, 5.74) is 1.83. The van der Waals surface area contributed by atoms with Crippen molar-refractivity contribution in [1.29, 1.82) is 0 Å². The van der Waals surface area contributed by atoms with Crippen LogP contribution in [0, 0.1) is 5.82 Å². The van der Waals surface area contributed by atoms with Gasteiger partial charge >= 0.3 is 5.97 Å². The average Bonchev–Trinajstić information content (AvgIpc) is 3.22. The van der Waals surface area contributed by atoms with Gasteiger partial charge in [-0.3, -0.25) is 9.59 Å². The molecule has 9 heteroatoms. The number of nitrogens with zero attached hydrogens (tertiary/aromatic N) is 2. The molecule has 168 valence electrons. The first-order chi connectivity index (χ1) is 16.0. The van der Waals surface area contributed by atoms with E-state index in [-0.39, 0.29) is 12.2 Å². The summed E-state index contributed by atoms with van der Waals surface area (Å²) < 4.78 is 24.1. The molecule has 0 aliphatic heterocycles. The molecule has 2 heterocycles. The van der Waals surface area contributed by atoms with Crippen LogP contribution < -0.4 is 5.32 Å². The molecule has 0 fully saturated rings. The fraction of sp³-hybridized carbons (Fsp3) is 0.167. The molecule has 0 radical (unpaired) electrons. The number of halogens is 1. The second kappa shape index (κ2) is 10.3. The number of aromatic nitrogens is 2. The van der Waals surface area contributed by atoms with Gasteiger partial charge in [-0.05, 0) is 29.8 Å². The number of para-hydroxylation sites is 1. The zero-order valence-corrected chi connectivity index (χ0v) is 18.5. The van der Waals surface area contributed by atoms with Crippen LogP contribution in [-0.2, 0) is 15.3 Å². The molecular weight excluding hydrogens is 445 g/mol. The van der Waals surface area contributed by atoms with Gasteiger partial charge in [-0.2, -0.15) is 0 Å². The largest absolute Gasteiger partial charge is 0.469 e. The van der Waals surface area contributed by atoms with Gasteiger partial charge in [0.1, 0.15) is 11.4 Å². The van der Waals surface area contributed by atoms with Crippen molar-refractivity contribution in [1.82, 2.24) is 15.3 Å². The minimum Gasteiger partial charge on any atom is -0.469 e. The maximum Gasteiger partial charge on any atom is 0.307 e. The number of carbonyl (C=O) groups is 2. The van der Waals surface area contributed by atoms with E-state index in [0.717, 1.165) is 5.39 Å². The van der Waals surface area contributed by atoms with Crippen molar-refractivity contribution < 1.29 is 23.1 Å². The predicted octanol–water partition coefficient (Wildman–Crippen LogP) is 4.69. The van der Waals surface area contributed by atoms with Crippen LogP contribution in [0.1, 0.15) is 34.1 Å². The van der Waals surface area contributed by atoms with E-state index in [2.05, 4.69) is 15.3 Å². The molecule has 4 aromatic rings. The zero-order valence-electron chi connectivity index (χ0n) is 17.7. The van der Waals surface area contributed by atoms with Crippen LogP contribution in [0.25, 0.3) is 11.0 Å². The Labute approximate surface area is 193 Å². The number of furan rings is 1. The van der Waals surface area contributed by atoms with Gasteiger partial charge in [-0.25, -0.2) is 14.4 Å². The zero-order chi connectivity index (χ0) is 23.2. The lowest BCUT2D eigenvalue weighted by atomic mass is 10.0. The lowest BCUT2D eigenvalue weighted by Crippen LogP contribution is -2.30. The standard InChI is InChI=1S/C24H20FN3O4S/c1-31-21(29)13-19(15-7-9-16(25)10-8-15)28-23(30)22-18(14-33-24-26-11-4-12-27-24)17-5-2-3-6-20(17)32-22/h2-12,19H,13-14H2,1H3,(H,28,30). The predicted molar refractivity (Wildman–Crippen MR) is 121 cm³/mol. The Hall–Kier alpha value is -3.72. The van der Waals surface area contributed by atoms with Gasteiger partial charge in [0.15, 0.2) is 10.9 Å². The molecule has 0 saturated heterocycles. The van der Waals surface area contributed by atoms with Crippen LogP contribution in [0.15, 0.2) is 76.6 Å². The lowest BCUT2D eigenvalue weighted by Gasteiger charge is -2.18. The van der Waals surface area contributed by atoms with Crippen molar-refractivity contribution in [3.63, 3.8) is 0 Å². The summed E-state index contributed by atoms with van der Waals surface area (Å²) in [6.45, 7) is 0. The second-order valence-corrected chi connectivity index (χ2v) is 8.03. The van der Waals surface area contributed by atoms with Gasteiger partial charge < -0.3 is 14.5 Å². The van der Waals surface area contributed by atoms with Crippen LogP contribution in [0.3, 0.4) is 0 Å². The van der Waals surface area contributed by atoms with Crippen LogP contribution in [-0.4, -0.2) is 29.0 Å². The molecule has 7 nitrogen and oxygen atoms in total. The maximum absolute atomic E-state index is 13.4. The molecule has 1 unspecified atom stereocenters. The molecule has 0 saturated carbocycles. The molecule has 1 amide bonds. The third kappa shape index (κ3) is 5.38. The van der Waals surface area contributed by atoms with Crippen LogP contribution >= 0.6 is 11.8 Å². The number of rotatable bonds is 8. The third-order valence-corrected chi connectivity index (χ3v) is 5.87. The number of methoxy groups -OCH3 is 1. The SMILES string of the molecule is COC(=O)CC(NC(=O)c1oc2ccccc2c1CSc1ncccn1)c1ccc(F)cc1. The number of amides is 1. The van der Waals surface area contributed by atoms with Crippen LogP contribution in [0.5, 0.6) is 0 Å². The molecular formula is C24H20FN3O4S. The van der Waals surface area contributed by atoms with Gasteiger partial charge in [0.25, 0.3) is 5.91 Å². The van der Waals surface area contributed by atoms with Crippen molar-refractivity contribution in [2.45, 2.75) is 23.4 Å². The molecule has 1 N–H and O–H groups in total. The van der Waals surface area contributed by atoms with Gasteiger partial charge in [0.05, 0.1) is 19.6 Å². The van der Waals surface area contributed by atoms with Gasteiger partial charge in [-0.15, -0.1) is 0 Å². The van der Waals surface area contributed by atoms with Gasteiger partial charge in [0.2, 0.25) is 0 Å². The average molecular weight is 466 g/mol. The van der Waals surface area contributed by atoms with E-state index in [1.54, 1.807) is 24.5 Å². The quantitative estimate of drug-likeness (QED) is 0.229. The van der Waals surface area contributed by atoms with Crippen molar-refractivity contribution in [2.75, 3.05) is 7.11 Å². The van der Waals surface area contributed by atoms with Crippen molar-refractivity contribution in [2.24, 2.45) is 0 Å². The Bertz CT molecular complexity index is 1260. The Kier molecular flexibility index (Phi) is 6.99. The number of esters is 1. The molecule has 33 heavy (non-hydrogen) atoms. The van der Waals surface area contributed by atoms with E-state index in [9.17, 15) is 14.0 Å². The number of thioether (sulfide) groups is 1. The number of hydrogen-bond donors (Lipinski definition) is 1. The van der Waals surface area contributed by atoms with Crippen molar-refractivity contribution in [3.8, 4) is 0 Å². The Balaban J connectivity index is 1.64. The highest BCUT2D eigenvalue weighted by Crippen LogP contribution is 2.31. The Morgan fingerprint density at radius 1 is 1.09 bits per heavy atom. The first kappa shape index (κ1) is 22.5. The van der Waals surface area contributed by atoms with Crippen molar-refractivity contribution in [3.05, 3.63) is 89.7 Å². The van der Waals surface area contributed by atoms with Crippen LogP contribution in [0.4, 0.5) is 4.39 Å². The first-order valence-electron chi connectivity index (χ1n) is 10.1. The van der Waals surface area contributed by atoms with Crippen LogP contribution in [0.2, 0.25) is 0 Å². The highest BCUT2D eigenvalue weighted by atomic mass is 32.2. The summed E-state index contributed by atoms with van der Waals surface area (Å²) in [6.07, 6.45) is 3.18. The highest BCUT2D eigenvalue weighted by Gasteiger charge is 2.25. The third-order valence-electron chi connectivity index (χ3n) is 4.97. The van der Waals surface area contributed by atoms with E-state index in [0.29, 0.717) is 27.6 Å². The number of benzene rings is 2. The van der Waals surface area contributed by atoms with E-state index < -0.39 is 23.7 Å². The van der Waals surface area contributed by atoms with Gasteiger partial charge in [0, 0.05) is 29.1 Å². The summed E-state index contributed by atoms with van der Waals surface area (Å²) in [5, 5.41) is 4.21. The van der Waals surface area contributed by atoms with E-state index in [1.165, 1.54) is 43.1 Å². The molecule has 4 rings (SSSR count). The highest BCUT2D eigenvalue weighted by molar-refractivity contribution is 7.98. The minimum atomic E-state index is -0.725. The lowest BCUT2D eigenvalue weighted by molar-refractivity contribution is -0.141. The summed E-state index contributed by atoms with van der Waals surface area (Å²) >= 11 is 1.38. The minimum absolute atomic E-state index is 0.115. The molecule has 0 aliphatic carbocycles. The second-order valence-electron chi connectivity index (χ2n) is 7.08. The fourth-order valence-electron chi connectivity index (χ4n) is 3.34. The van der Waals surface area contributed by atoms with E-state index in [1.807, 2.05) is 18.2 Å². The molecule has 0 bridgehead atoms. The monoisotopic (exact) mass is 465 g/mol. The first-order valence-corrected chi connectivity index (χ1v) is 11.1. The molecule has 1 atom stereocenters. The number of hydrogen-bond acceptors (Lipinski definition) is 7. The Morgan fingerprint density at radius 3 is 2.55 bits per heavy atom. The molecule has 2 aromatic carbocycles. The smallest absolute Gasteiger partial charge is 0.307 e. The maximum atomic E-state index is 13.4. The number of fused-ring (bicyclic) bond motifs is 1.